The fraction of sp³-hybridized carbons (Fsp3) is 0.667. The second kappa shape index (κ2) is 7.78. The van der Waals surface area contributed by atoms with Gasteiger partial charge in [0, 0.05) is 30.3 Å². The predicted octanol–water partition coefficient (Wildman–Crippen LogP) is 3.23. The number of likely N-dealkylation sites (tertiary alicyclic amines) is 1. The molecule has 0 atom stereocenters. The molecule has 2 N–H and O–H groups in total. The molecule has 25 heavy (non-hydrogen) atoms. The second-order valence-electron chi connectivity index (χ2n) is 7.00. The van der Waals surface area contributed by atoms with E-state index in [4.69, 9.17) is 10.7 Å². The van der Waals surface area contributed by atoms with Crippen molar-refractivity contribution in [1.29, 1.82) is 0 Å². The number of anilines is 1. The summed E-state index contributed by atoms with van der Waals surface area (Å²) in [6.45, 7) is 9.20. The minimum Gasteiger partial charge on any atom is -0.383 e. The lowest BCUT2D eigenvalue weighted by atomic mass is 10.1. The van der Waals surface area contributed by atoms with E-state index in [0.29, 0.717) is 5.82 Å². The van der Waals surface area contributed by atoms with E-state index in [1.165, 1.54) is 49.3 Å². The number of aromatic nitrogens is 2. The summed E-state index contributed by atoms with van der Waals surface area (Å²) in [7, 11) is 0. The van der Waals surface area contributed by atoms with Gasteiger partial charge in [-0.1, -0.05) is 18.7 Å². The molecule has 2 aliphatic heterocycles. The van der Waals surface area contributed by atoms with Crippen LogP contribution in [0.3, 0.4) is 0 Å². The van der Waals surface area contributed by atoms with Crippen molar-refractivity contribution in [1.82, 2.24) is 19.8 Å². The first-order valence-electron chi connectivity index (χ1n) is 9.40. The van der Waals surface area contributed by atoms with Crippen LogP contribution in [0, 0.1) is 0 Å². The normalized spacial score (nSPS) is 18.9. The van der Waals surface area contributed by atoms with Crippen LogP contribution in [0.1, 0.15) is 36.6 Å². The number of nitrogen functional groups attached to an aromatic ring is 1. The van der Waals surface area contributed by atoms with Gasteiger partial charge in [-0.25, -0.2) is 9.97 Å². The number of nitrogens with two attached hydrogens (primary N) is 1. The number of hydrogen-bond acceptors (Lipinski definition) is 7. The van der Waals surface area contributed by atoms with Crippen LogP contribution in [0.15, 0.2) is 5.16 Å². The van der Waals surface area contributed by atoms with Crippen molar-refractivity contribution in [2.75, 3.05) is 44.2 Å². The van der Waals surface area contributed by atoms with E-state index in [9.17, 15) is 0 Å². The van der Waals surface area contributed by atoms with E-state index in [2.05, 4.69) is 21.7 Å². The van der Waals surface area contributed by atoms with Crippen LogP contribution in [-0.2, 0) is 13.0 Å². The molecule has 2 aromatic heterocycles. The highest BCUT2D eigenvalue weighted by Crippen LogP contribution is 2.37. The van der Waals surface area contributed by atoms with Gasteiger partial charge in [-0.05, 0) is 50.9 Å². The smallest absolute Gasteiger partial charge is 0.190 e. The van der Waals surface area contributed by atoms with Crippen molar-refractivity contribution < 1.29 is 0 Å². The van der Waals surface area contributed by atoms with Crippen molar-refractivity contribution in [3.63, 3.8) is 0 Å². The average Bonchev–Trinajstić information content (AvgIpc) is 3.22. The van der Waals surface area contributed by atoms with Gasteiger partial charge in [0.1, 0.15) is 10.6 Å². The molecule has 0 saturated carbocycles. The largest absolute Gasteiger partial charge is 0.383 e. The zero-order valence-corrected chi connectivity index (χ0v) is 16.6. The lowest BCUT2D eigenvalue weighted by molar-refractivity contribution is 0.258. The molecule has 0 aliphatic carbocycles. The lowest BCUT2D eigenvalue weighted by Crippen LogP contribution is -2.30. The van der Waals surface area contributed by atoms with Gasteiger partial charge >= 0.3 is 0 Å². The van der Waals surface area contributed by atoms with Crippen molar-refractivity contribution in [3.05, 3.63) is 10.4 Å². The summed E-state index contributed by atoms with van der Waals surface area (Å²) in [5.41, 5.74) is 7.73. The maximum Gasteiger partial charge on any atom is 0.190 e. The molecule has 0 amide bonds. The van der Waals surface area contributed by atoms with Gasteiger partial charge in [0.15, 0.2) is 5.16 Å². The topological polar surface area (TPSA) is 58.3 Å². The Morgan fingerprint density at radius 1 is 1.12 bits per heavy atom. The molecule has 2 aromatic rings. The molecule has 0 radical (unpaired) electrons. The van der Waals surface area contributed by atoms with Crippen LogP contribution >= 0.6 is 23.1 Å². The van der Waals surface area contributed by atoms with Crippen LogP contribution in [0.2, 0.25) is 0 Å². The van der Waals surface area contributed by atoms with Gasteiger partial charge < -0.3 is 10.6 Å². The highest BCUT2D eigenvalue weighted by molar-refractivity contribution is 7.99. The molecular weight excluding hydrogens is 350 g/mol. The number of rotatable bonds is 6. The minimum absolute atomic E-state index is 0.676. The number of hydrogen-bond donors (Lipinski definition) is 1. The Labute approximate surface area is 158 Å². The van der Waals surface area contributed by atoms with Gasteiger partial charge in [-0.15, -0.1) is 11.3 Å². The quantitative estimate of drug-likeness (QED) is 0.616. The Morgan fingerprint density at radius 3 is 2.76 bits per heavy atom. The van der Waals surface area contributed by atoms with E-state index in [1.54, 1.807) is 11.8 Å². The molecule has 0 bridgehead atoms. The molecule has 0 aromatic carbocycles. The van der Waals surface area contributed by atoms with Crippen LogP contribution in [0.25, 0.3) is 10.2 Å². The predicted molar refractivity (Wildman–Crippen MR) is 107 cm³/mol. The third kappa shape index (κ3) is 3.79. The summed E-state index contributed by atoms with van der Waals surface area (Å²) in [6.07, 6.45) is 4.97. The van der Waals surface area contributed by atoms with Gasteiger partial charge in [-0.2, -0.15) is 0 Å². The zero-order chi connectivity index (χ0) is 17.2. The number of fused-ring (bicyclic) bond motifs is 3. The minimum atomic E-state index is 0.676. The second-order valence-corrected chi connectivity index (χ2v) is 9.14. The molecule has 1 fully saturated rings. The summed E-state index contributed by atoms with van der Waals surface area (Å²) in [6, 6.07) is 0. The summed E-state index contributed by atoms with van der Waals surface area (Å²) in [4.78, 5) is 17.0. The monoisotopic (exact) mass is 377 g/mol. The van der Waals surface area contributed by atoms with E-state index in [1.807, 2.05) is 11.3 Å². The Hall–Kier alpha value is -0.890. The molecule has 0 spiro atoms. The molecule has 136 valence electrons. The van der Waals surface area contributed by atoms with Gasteiger partial charge in [-0.3, -0.25) is 4.90 Å². The molecule has 1 saturated heterocycles. The summed E-state index contributed by atoms with van der Waals surface area (Å²) < 4.78 is 0. The van der Waals surface area contributed by atoms with Crippen molar-refractivity contribution in [2.45, 2.75) is 44.3 Å². The first-order chi connectivity index (χ1) is 12.2. The van der Waals surface area contributed by atoms with Crippen LogP contribution in [0.4, 0.5) is 5.82 Å². The Kier molecular flexibility index (Phi) is 5.45. The van der Waals surface area contributed by atoms with Crippen LogP contribution < -0.4 is 5.73 Å². The van der Waals surface area contributed by atoms with Crippen molar-refractivity contribution >= 4 is 39.1 Å². The van der Waals surface area contributed by atoms with E-state index in [0.717, 1.165) is 47.2 Å². The molecule has 4 rings (SSSR count). The van der Waals surface area contributed by atoms with Gasteiger partial charge in [0.25, 0.3) is 0 Å². The zero-order valence-electron chi connectivity index (χ0n) is 15.0. The molecule has 5 nitrogen and oxygen atoms in total. The van der Waals surface area contributed by atoms with E-state index >= 15 is 0 Å². The molecule has 7 heteroatoms. The molecule has 4 heterocycles. The van der Waals surface area contributed by atoms with Gasteiger partial charge in [0.2, 0.25) is 0 Å². The first-order valence-corrected chi connectivity index (χ1v) is 11.2. The molecule has 2 aliphatic rings. The fourth-order valence-corrected chi connectivity index (χ4v) is 6.08. The van der Waals surface area contributed by atoms with Crippen LogP contribution in [-0.4, -0.2) is 58.2 Å². The summed E-state index contributed by atoms with van der Waals surface area (Å²) >= 11 is 3.56. The maximum atomic E-state index is 6.33. The molecular formula is C18H27N5S2. The number of nitrogens with zero attached hydrogens (tertiary/aromatic N) is 4. The standard InChI is InChI=1S/C18H27N5S2/c1-2-6-23-9-5-13-14(12-23)25-17-15(13)16(19)20-18(21-17)24-11-10-22-7-3-4-8-22/h2-12H2,1H3,(H2,19,20,21). The summed E-state index contributed by atoms with van der Waals surface area (Å²) in [5, 5.41) is 1.97. The highest BCUT2D eigenvalue weighted by Gasteiger charge is 2.23. The summed E-state index contributed by atoms with van der Waals surface area (Å²) in [5.74, 6) is 1.72. The Morgan fingerprint density at radius 2 is 1.96 bits per heavy atom. The maximum absolute atomic E-state index is 6.33. The Bertz CT molecular complexity index is 739. The van der Waals surface area contributed by atoms with Crippen molar-refractivity contribution in [3.8, 4) is 0 Å². The van der Waals surface area contributed by atoms with E-state index in [-0.39, 0.29) is 0 Å². The fourth-order valence-electron chi connectivity index (χ4n) is 3.90. The number of thiophene rings is 1. The first kappa shape index (κ1) is 17.5. The SMILES string of the molecule is CCCN1CCc2c(sc3nc(SCCN4CCCC4)nc(N)c23)C1. The average molecular weight is 378 g/mol. The lowest BCUT2D eigenvalue weighted by Gasteiger charge is -2.26. The molecule has 0 unspecified atom stereocenters. The van der Waals surface area contributed by atoms with E-state index < -0.39 is 0 Å². The van der Waals surface area contributed by atoms with Crippen LogP contribution in [0.5, 0.6) is 0 Å². The van der Waals surface area contributed by atoms with Gasteiger partial charge in [0.05, 0.1) is 5.39 Å². The Balaban J connectivity index is 1.49. The third-order valence-electron chi connectivity index (χ3n) is 5.16. The third-order valence-corrected chi connectivity index (χ3v) is 7.10. The highest BCUT2D eigenvalue weighted by atomic mass is 32.2. The number of thioether (sulfide) groups is 1. The van der Waals surface area contributed by atoms with Crippen molar-refractivity contribution in [2.24, 2.45) is 0 Å².